The lowest BCUT2D eigenvalue weighted by atomic mass is 9.82. The van der Waals surface area contributed by atoms with Crippen LogP contribution in [0.1, 0.15) is 26.7 Å². The Hall–Kier alpha value is -0.0800. The average molecular weight is 157 g/mol. The van der Waals surface area contributed by atoms with Crippen molar-refractivity contribution in [2.24, 2.45) is 5.92 Å². The van der Waals surface area contributed by atoms with Crippen molar-refractivity contribution in [3.05, 3.63) is 0 Å². The monoisotopic (exact) mass is 157 g/mol. The van der Waals surface area contributed by atoms with Crippen LogP contribution in [-0.2, 0) is 0 Å². The summed E-state index contributed by atoms with van der Waals surface area (Å²) in [5, 5.41) is 9.06. The van der Waals surface area contributed by atoms with E-state index in [9.17, 15) is 0 Å². The Morgan fingerprint density at radius 3 is 2.18 bits per heavy atom. The highest BCUT2D eigenvalue weighted by Crippen LogP contribution is 2.27. The van der Waals surface area contributed by atoms with Crippen LogP contribution >= 0.6 is 0 Å². The van der Waals surface area contributed by atoms with Gasteiger partial charge in [-0.2, -0.15) is 0 Å². The zero-order valence-corrected chi connectivity index (χ0v) is 7.58. The zero-order chi connectivity index (χ0) is 8.27. The van der Waals surface area contributed by atoms with Gasteiger partial charge in [0.15, 0.2) is 0 Å². The molecule has 0 aromatic rings. The summed E-state index contributed by atoms with van der Waals surface area (Å²) in [4.78, 5) is 2.43. The van der Waals surface area contributed by atoms with Crippen LogP contribution in [-0.4, -0.2) is 35.7 Å². The molecule has 0 amide bonds. The molecule has 1 N–H and O–H groups in total. The lowest BCUT2D eigenvalue weighted by Crippen LogP contribution is -2.38. The number of aliphatic hydroxyl groups excluding tert-OH is 1. The SMILES string of the molecule is CCN(CC)C[C@H]1C[C@@H](O)C1. The van der Waals surface area contributed by atoms with Gasteiger partial charge in [0.25, 0.3) is 0 Å². The minimum Gasteiger partial charge on any atom is -0.393 e. The van der Waals surface area contributed by atoms with Gasteiger partial charge in [-0.1, -0.05) is 13.8 Å². The second-order valence-electron chi connectivity index (χ2n) is 3.48. The van der Waals surface area contributed by atoms with E-state index in [4.69, 9.17) is 5.11 Å². The minimum atomic E-state index is 0.00978. The molecule has 1 rings (SSSR count). The van der Waals surface area contributed by atoms with Crippen molar-refractivity contribution in [1.82, 2.24) is 4.90 Å². The van der Waals surface area contributed by atoms with E-state index in [-0.39, 0.29) is 6.10 Å². The van der Waals surface area contributed by atoms with Gasteiger partial charge in [0.2, 0.25) is 0 Å². The van der Waals surface area contributed by atoms with Gasteiger partial charge in [-0.25, -0.2) is 0 Å². The normalized spacial score (nSPS) is 30.5. The Morgan fingerprint density at radius 1 is 1.27 bits per heavy atom. The molecule has 0 atom stereocenters. The van der Waals surface area contributed by atoms with Gasteiger partial charge in [-0.3, -0.25) is 0 Å². The van der Waals surface area contributed by atoms with Crippen molar-refractivity contribution in [3.8, 4) is 0 Å². The fourth-order valence-corrected chi connectivity index (χ4v) is 1.70. The van der Waals surface area contributed by atoms with Gasteiger partial charge in [-0.15, -0.1) is 0 Å². The topological polar surface area (TPSA) is 23.5 Å². The van der Waals surface area contributed by atoms with E-state index in [1.54, 1.807) is 0 Å². The average Bonchev–Trinajstić information content (AvgIpc) is 1.96. The minimum absolute atomic E-state index is 0.00978. The van der Waals surface area contributed by atoms with E-state index in [0.29, 0.717) is 0 Å². The lowest BCUT2D eigenvalue weighted by Gasteiger charge is -2.35. The molecule has 0 saturated heterocycles. The molecule has 0 aromatic heterocycles. The van der Waals surface area contributed by atoms with E-state index in [0.717, 1.165) is 31.8 Å². The zero-order valence-electron chi connectivity index (χ0n) is 7.58. The maximum absolute atomic E-state index is 9.06. The number of hydrogen-bond donors (Lipinski definition) is 1. The molecule has 0 heterocycles. The first-order valence-electron chi connectivity index (χ1n) is 4.66. The van der Waals surface area contributed by atoms with Crippen molar-refractivity contribution in [2.75, 3.05) is 19.6 Å². The second kappa shape index (κ2) is 4.07. The maximum atomic E-state index is 9.06. The molecule has 66 valence electrons. The summed E-state index contributed by atoms with van der Waals surface area (Å²) in [6.07, 6.45) is 2.06. The summed E-state index contributed by atoms with van der Waals surface area (Å²) in [6.45, 7) is 7.85. The molecule has 1 aliphatic carbocycles. The third kappa shape index (κ3) is 2.46. The summed E-state index contributed by atoms with van der Waals surface area (Å²) in [7, 11) is 0. The summed E-state index contributed by atoms with van der Waals surface area (Å²) >= 11 is 0. The fraction of sp³-hybridized carbons (Fsp3) is 1.00. The van der Waals surface area contributed by atoms with Crippen molar-refractivity contribution >= 4 is 0 Å². The smallest absolute Gasteiger partial charge is 0.0546 e. The van der Waals surface area contributed by atoms with Gasteiger partial charge in [0, 0.05) is 6.54 Å². The molecule has 2 heteroatoms. The standard InChI is InChI=1S/C9H19NO/c1-3-10(4-2)7-8-5-9(11)6-8/h8-9,11H,3-7H2,1-2H3/t8-,9+. The number of rotatable bonds is 4. The highest BCUT2D eigenvalue weighted by molar-refractivity contribution is 4.80. The Bertz CT molecular complexity index is 106. The lowest BCUT2D eigenvalue weighted by molar-refractivity contribution is 0.0260. The fourth-order valence-electron chi connectivity index (χ4n) is 1.70. The van der Waals surface area contributed by atoms with Crippen LogP contribution in [0.3, 0.4) is 0 Å². The van der Waals surface area contributed by atoms with Gasteiger partial charge in [0.1, 0.15) is 0 Å². The molecule has 11 heavy (non-hydrogen) atoms. The second-order valence-corrected chi connectivity index (χ2v) is 3.48. The van der Waals surface area contributed by atoms with E-state index >= 15 is 0 Å². The van der Waals surface area contributed by atoms with E-state index in [1.807, 2.05) is 0 Å². The first-order chi connectivity index (χ1) is 5.26. The molecule has 0 unspecified atom stereocenters. The highest BCUT2D eigenvalue weighted by atomic mass is 16.3. The Balaban J connectivity index is 2.09. The molecule has 0 aliphatic heterocycles. The first-order valence-corrected chi connectivity index (χ1v) is 4.66. The summed E-state index contributed by atoms with van der Waals surface area (Å²) < 4.78 is 0. The largest absolute Gasteiger partial charge is 0.393 e. The van der Waals surface area contributed by atoms with Crippen molar-refractivity contribution in [3.63, 3.8) is 0 Å². The number of hydrogen-bond acceptors (Lipinski definition) is 2. The molecule has 0 bridgehead atoms. The van der Waals surface area contributed by atoms with E-state index in [1.165, 1.54) is 6.54 Å². The predicted octanol–water partition coefficient (Wildman–Crippen LogP) is 1.10. The van der Waals surface area contributed by atoms with Crippen LogP contribution in [0.15, 0.2) is 0 Å². The molecule has 0 radical (unpaired) electrons. The van der Waals surface area contributed by atoms with Crippen LogP contribution < -0.4 is 0 Å². The van der Waals surface area contributed by atoms with E-state index in [2.05, 4.69) is 18.7 Å². The molecule has 1 fully saturated rings. The molecule has 1 saturated carbocycles. The van der Waals surface area contributed by atoms with Crippen molar-refractivity contribution in [1.29, 1.82) is 0 Å². The molecular weight excluding hydrogens is 138 g/mol. The molecule has 2 nitrogen and oxygen atoms in total. The molecule has 0 spiro atoms. The Morgan fingerprint density at radius 2 is 1.82 bits per heavy atom. The van der Waals surface area contributed by atoms with E-state index < -0.39 is 0 Å². The predicted molar refractivity (Wildman–Crippen MR) is 46.5 cm³/mol. The third-order valence-corrected chi connectivity index (χ3v) is 2.62. The maximum Gasteiger partial charge on any atom is 0.0546 e. The van der Waals surface area contributed by atoms with Crippen molar-refractivity contribution < 1.29 is 5.11 Å². The molecule has 1 aliphatic rings. The number of nitrogens with zero attached hydrogens (tertiary/aromatic N) is 1. The van der Waals surface area contributed by atoms with Gasteiger partial charge in [0.05, 0.1) is 6.10 Å². The quantitative estimate of drug-likeness (QED) is 0.660. The third-order valence-electron chi connectivity index (χ3n) is 2.62. The van der Waals surface area contributed by atoms with Gasteiger partial charge < -0.3 is 10.0 Å². The first kappa shape index (κ1) is 9.01. The van der Waals surface area contributed by atoms with Crippen molar-refractivity contribution in [2.45, 2.75) is 32.8 Å². The Labute approximate surface area is 69.2 Å². The van der Waals surface area contributed by atoms with Gasteiger partial charge >= 0.3 is 0 Å². The summed E-state index contributed by atoms with van der Waals surface area (Å²) in [6, 6.07) is 0. The summed E-state index contributed by atoms with van der Waals surface area (Å²) in [5.41, 5.74) is 0. The molecule has 0 aromatic carbocycles. The highest BCUT2D eigenvalue weighted by Gasteiger charge is 2.27. The summed E-state index contributed by atoms with van der Waals surface area (Å²) in [5.74, 6) is 0.768. The van der Waals surface area contributed by atoms with Crippen LogP contribution in [0.2, 0.25) is 0 Å². The van der Waals surface area contributed by atoms with Crippen LogP contribution in [0.5, 0.6) is 0 Å². The van der Waals surface area contributed by atoms with Crippen LogP contribution in [0, 0.1) is 5.92 Å². The van der Waals surface area contributed by atoms with Crippen LogP contribution in [0.4, 0.5) is 0 Å². The van der Waals surface area contributed by atoms with Gasteiger partial charge in [-0.05, 0) is 31.8 Å². The van der Waals surface area contributed by atoms with Crippen LogP contribution in [0.25, 0.3) is 0 Å². The molecular formula is C9H19NO. The number of aliphatic hydroxyl groups is 1. The Kier molecular flexibility index (Phi) is 3.34.